The molecule has 1 aromatic heterocycles. The fourth-order valence-electron chi connectivity index (χ4n) is 3.03. The summed E-state index contributed by atoms with van der Waals surface area (Å²) in [5.74, 6) is -0.262. The summed E-state index contributed by atoms with van der Waals surface area (Å²) < 4.78 is 12.6. The molecule has 0 amide bonds. The van der Waals surface area contributed by atoms with E-state index in [1.165, 1.54) is 5.56 Å². The Kier molecular flexibility index (Phi) is 9.76. The van der Waals surface area contributed by atoms with Crippen molar-refractivity contribution in [2.45, 2.75) is 39.0 Å². The van der Waals surface area contributed by atoms with Gasteiger partial charge in [0.1, 0.15) is 12.7 Å². The van der Waals surface area contributed by atoms with Crippen LogP contribution in [0.15, 0.2) is 48.7 Å². The first-order chi connectivity index (χ1) is 13.6. The lowest BCUT2D eigenvalue weighted by atomic mass is 10.2. The topological polar surface area (TPSA) is 63.9 Å². The molecule has 0 saturated carbocycles. The number of aliphatic hydroxyl groups excluding tert-OH is 1. The van der Waals surface area contributed by atoms with E-state index in [0.29, 0.717) is 32.7 Å². The molecule has 28 heavy (non-hydrogen) atoms. The number of hydrogen-bond donors (Lipinski definition) is 1. The minimum atomic E-state index is -0.727. The van der Waals surface area contributed by atoms with E-state index in [1.54, 1.807) is 7.11 Å². The number of hydrogen-bond acceptors (Lipinski definition) is 5. The molecule has 6 heteroatoms. The minimum Gasteiger partial charge on any atom is -0.463 e. The first-order valence-corrected chi connectivity index (χ1v) is 9.85. The fourth-order valence-corrected chi connectivity index (χ4v) is 3.03. The van der Waals surface area contributed by atoms with Crippen molar-refractivity contribution in [3.8, 4) is 0 Å². The van der Waals surface area contributed by atoms with Crippen molar-refractivity contribution in [1.29, 1.82) is 0 Å². The van der Waals surface area contributed by atoms with Crippen LogP contribution in [0.3, 0.4) is 0 Å². The number of carbonyl (C=O) groups is 1. The van der Waals surface area contributed by atoms with Crippen LogP contribution in [0, 0.1) is 0 Å². The summed E-state index contributed by atoms with van der Waals surface area (Å²) in [5, 5.41) is 10.3. The van der Waals surface area contributed by atoms with Crippen molar-refractivity contribution < 1.29 is 19.4 Å². The number of esters is 1. The molecule has 0 bridgehead atoms. The van der Waals surface area contributed by atoms with Crippen LogP contribution in [0.25, 0.3) is 0 Å². The Morgan fingerprint density at radius 2 is 2.00 bits per heavy atom. The van der Waals surface area contributed by atoms with Gasteiger partial charge in [0.25, 0.3) is 0 Å². The SMILES string of the molecule is CCCC(=O)OCC(O)CN(CCOC)Cc1cccn1Cc1ccccc1. The minimum absolute atomic E-state index is 0.0212. The van der Waals surface area contributed by atoms with Gasteiger partial charge in [-0.1, -0.05) is 37.3 Å². The molecular weight excluding hydrogens is 356 g/mol. The van der Waals surface area contributed by atoms with Gasteiger partial charge in [-0.15, -0.1) is 0 Å². The van der Waals surface area contributed by atoms with Crippen molar-refractivity contribution in [1.82, 2.24) is 9.47 Å². The molecule has 2 rings (SSSR count). The molecule has 154 valence electrons. The number of aliphatic hydroxyl groups is 1. The molecule has 1 heterocycles. The normalized spacial score (nSPS) is 12.3. The molecule has 1 N–H and O–H groups in total. The van der Waals surface area contributed by atoms with E-state index in [4.69, 9.17) is 9.47 Å². The summed E-state index contributed by atoms with van der Waals surface area (Å²) in [7, 11) is 1.67. The van der Waals surface area contributed by atoms with Crippen molar-refractivity contribution in [2.24, 2.45) is 0 Å². The fraction of sp³-hybridized carbons (Fsp3) is 0.500. The number of nitrogens with zero attached hydrogens (tertiary/aromatic N) is 2. The van der Waals surface area contributed by atoms with Gasteiger partial charge in [0, 0.05) is 51.6 Å². The van der Waals surface area contributed by atoms with E-state index in [-0.39, 0.29) is 12.6 Å². The smallest absolute Gasteiger partial charge is 0.305 e. The molecule has 0 fully saturated rings. The zero-order chi connectivity index (χ0) is 20.2. The maximum absolute atomic E-state index is 11.5. The van der Waals surface area contributed by atoms with E-state index in [1.807, 2.05) is 31.2 Å². The zero-order valence-corrected chi connectivity index (χ0v) is 16.9. The Balaban J connectivity index is 1.94. The maximum Gasteiger partial charge on any atom is 0.305 e. The van der Waals surface area contributed by atoms with Gasteiger partial charge in [-0.3, -0.25) is 9.69 Å². The Bertz CT molecular complexity index is 687. The molecule has 0 spiro atoms. The summed E-state index contributed by atoms with van der Waals surface area (Å²) in [5.41, 5.74) is 2.40. The molecule has 1 atom stereocenters. The van der Waals surface area contributed by atoms with Crippen LogP contribution >= 0.6 is 0 Å². The summed E-state index contributed by atoms with van der Waals surface area (Å²) in [6.07, 6.45) is 2.47. The third-order valence-electron chi connectivity index (χ3n) is 4.48. The lowest BCUT2D eigenvalue weighted by Gasteiger charge is -2.25. The van der Waals surface area contributed by atoms with Gasteiger partial charge in [0.05, 0.1) is 6.61 Å². The number of rotatable bonds is 13. The summed E-state index contributed by atoms with van der Waals surface area (Å²) >= 11 is 0. The van der Waals surface area contributed by atoms with Gasteiger partial charge in [-0.25, -0.2) is 0 Å². The van der Waals surface area contributed by atoms with Crippen LogP contribution in [0.4, 0.5) is 0 Å². The highest BCUT2D eigenvalue weighted by Gasteiger charge is 2.16. The highest BCUT2D eigenvalue weighted by molar-refractivity contribution is 5.69. The molecular formula is C22H32N2O4. The van der Waals surface area contributed by atoms with E-state index in [9.17, 15) is 9.90 Å². The van der Waals surface area contributed by atoms with E-state index in [0.717, 1.165) is 18.7 Å². The standard InChI is InChI=1S/C22H32N2O4/c1-3-8-22(26)28-18-21(25)17-23(13-14-27-2)16-20-11-7-12-24(20)15-19-9-5-4-6-10-19/h4-7,9-12,21,25H,3,8,13-18H2,1-2H3. The maximum atomic E-state index is 11.5. The molecule has 1 aromatic carbocycles. The van der Waals surface area contributed by atoms with E-state index >= 15 is 0 Å². The second-order valence-corrected chi connectivity index (χ2v) is 6.93. The number of ether oxygens (including phenoxy) is 2. The average Bonchev–Trinajstić information content (AvgIpc) is 3.12. The van der Waals surface area contributed by atoms with Crippen molar-refractivity contribution >= 4 is 5.97 Å². The molecule has 0 radical (unpaired) electrons. The van der Waals surface area contributed by atoms with Gasteiger partial charge in [0.2, 0.25) is 0 Å². The Morgan fingerprint density at radius 1 is 1.21 bits per heavy atom. The van der Waals surface area contributed by atoms with E-state index < -0.39 is 6.10 Å². The summed E-state index contributed by atoms with van der Waals surface area (Å²) in [4.78, 5) is 13.6. The summed E-state index contributed by atoms with van der Waals surface area (Å²) in [6, 6.07) is 14.5. The molecule has 6 nitrogen and oxygen atoms in total. The van der Waals surface area contributed by atoms with Gasteiger partial charge in [-0.05, 0) is 24.1 Å². The van der Waals surface area contributed by atoms with E-state index in [2.05, 4.69) is 33.9 Å². The number of aromatic nitrogens is 1. The molecule has 0 aliphatic rings. The Labute approximate surface area is 167 Å². The Hall–Kier alpha value is -2.15. The lowest BCUT2D eigenvalue weighted by Crippen LogP contribution is -2.37. The number of methoxy groups -OCH3 is 1. The highest BCUT2D eigenvalue weighted by atomic mass is 16.5. The first kappa shape index (κ1) is 22.1. The van der Waals surface area contributed by atoms with Crippen LogP contribution in [0.2, 0.25) is 0 Å². The van der Waals surface area contributed by atoms with Gasteiger partial charge < -0.3 is 19.1 Å². The van der Waals surface area contributed by atoms with Crippen LogP contribution in [-0.2, 0) is 27.4 Å². The van der Waals surface area contributed by atoms with Crippen molar-refractivity contribution in [3.05, 3.63) is 59.9 Å². The second kappa shape index (κ2) is 12.3. The van der Waals surface area contributed by atoms with Crippen LogP contribution in [-0.4, -0.2) is 60.1 Å². The lowest BCUT2D eigenvalue weighted by molar-refractivity contribution is -0.147. The molecule has 2 aromatic rings. The van der Waals surface area contributed by atoms with Gasteiger partial charge >= 0.3 is 5.97 Å². The van der Waals surface area contributed by atoms with Crippen LogP contribution < -0.4 is 0 Å². The second-order valence-electron chi connectivity index (χ2n) is 6.93. The van der Waals surface area contributed by atoms with Crippen LogP contribution in [0.5, 0.6) is 0 Å². The van der Waals surface area contributed by atoms with Gasteiger partial charge in [-0.2, -0.15) is 0 Å². The molecule has 0 aliphatic heterocycles. The first-order valence-electron chi connectivity index (χ1n) is 9.85. The van der Waals surface area contributed by atoms with Crippen LogP contribution in [0.1, 0.15) is 31.0 Å². The largest absolute Gasteiger partial charge is 0.463 e. The number of carbonyl (C=O) groups excluding carboxylic acids is 1. The third kappa shape index (κ3) is 7.84. The molecule has 1 unspecified atom stereocenters. The molecule has 0 aliphatic carbocycles. The third-order valence-corrected chi connectivity index (χ3v) is 4.48. The van der Waals surface area contributed by atoms with Crippen molar-refractivity contribution in [3.63, 3.8) is 0 Å². The zero-order valence-electron chi connectivity index (χ0n) is 16.9. The average molecular weight is 389 g/mol. The Morgan fingerprint density at radius 3 is 2.71 bits per heavy atom. The summed E-state index contributed by atoms with van der Waals surface area (Å²) in [6.45, 7) is 5.11. The van der Waals surface area contributed by atoms with Crippen molar-refractivity contribution in [2.75, 3.05) is 33.4 Å². The predicted molar refractivity (Wildman–Crippen MR) is 109 cm³/mol. The predicted octanol–water partition coefficient (Wildman–Crippen LogP) is 2.69. The quantitative estimate of drug-likeness (QED) is 0.535. The molecule has 0 saturated heterocycles. The highest BCUT2D eigenvalue weighted by Crippen LogP contribution is 2.11. The monoisotopic (exact) mass is 388 g/mol. The number of benzene rings is 1. The van der Waals surface area contributed by atoms with Gasteiger partial charge in [0.15, 0.2) is 0 Å².